The highest BCUT2D eigenvalue weighted by molar-refractivity contribution is 5.72. The molecule has 5 nitrogen and oxygen atoms in total. The van der Waals surface area contributed by atoms with Crippen LogP contribution in [0.4, 0.5) is 0 Å². The zero-order valence-corrected chi connectivity index (χ0v) is 6.43. The van der Waals surface area contributed by atoms with Crippen molar-refractivity contribution in [3.63, 3.8) is 0 Å². The molecule has 0 atom stereocenters. The molecule has 0 aliphatic rings. The van der Waals surface area contributed by atoms with E-state index in [0.29, 0.717) is 12.1 Å². The maximum absolute atomic E-state index is 10.5. The molecule has 2 heterocycles. The Kier molecular flexibility index (Phi) is 1.36. The summed E-state index contributed by atoms with van der Waals surface area (Å²) in [5.41, 5.74) is 1.53. The Balaban J connectivity index is 2.91. The van der Waals surface area contributed by atoms with Crippen molar-refractivity contribution in [3.05, 3.63) is 24.0 Å². The Morgan fingerprint density at radius 2 is 2.42 bits per heavy atom. The largest absolute Gasteiger partial charge is 0.294 e. The second-order valence-corrected chi connectivity index (χ2v) is 2.38. The Morgan fingerprint density at radius 1 is 1.58 bits per heavy atom. The molecular formula is C7H6N4O. The van der Waals surface area contributed by atoms with Gasteiger partial charge in [-0.3, -0.25) is 4.79 Å². The molecule has 5 heteroatoms. The lowest BCUT2D eigenvalue weighted by Gasteiger charge is -1.90. The standard InChI is InChI=1S/C7H6N4O/c1-5-6-2-8-4-9-11(6)7(3-12)10-5/h2-4H,1H3. The number of nitrogens with zero attached hydrogens (tertiary/aromatic N) is 4. The van der Waals surface area contributed by atoms with Gasteiger partial charge in [-0.2, -0.15) is 5.10 Å². The number of aryl methyl sites for hydroxylation is 1. The van der Waals surface area contributed by atoms with E-state index >= 15 is 0 Å². The molecule has 2 aromatic heterocycles. The zero-order chi connectivity index (χ0) is 8.55. The summed E-state index contributed by atoms with van der Waals surface area (Å²) in [5.74, 6) is 0.310. The molecule has 0 unspecified atom stereocenters. The monoisotopic (exact) mass is 162 g/mol. The summed E-state index contributed by atoms with van der Waals surface area (Å²) in [7, 11) is 0. The van der Waals surface area contributed by atoms with Crippen LogP contribution < -0.4 is 0 Å². The summed E-state index contributed by atoms with van der Waals surface area (Å²) in [6.07, 6.45) is 3.68. The van der Waals surface area contributed by atoms with Crippen molar-refractivity contribution in [1.29, 1.82) is 0 Å². The molecule has 0 spiro atoms. The van der Waals surface area contributed by atoms with Crippen molar-refractivity contribution in [2.75, 3.05) is 0 Å². The van der Waals surface area contributed by atoms with Crippen LogP contribution in [0.1, 0.15) is 16.3 Å². The van der Waals surface area contributed by atoms with E-state index in [-0.39, 0.29) is 0 Å². The lowest BCUT2D eigenvalue weighted by Crippen LogP contribution is -1.96. The van der Waals surface area contributed by atoms with Crippen LogP contribution >= 0.6 is 0 Å². The minimum absolute atomic E-state index is 0.310. The van der Waals surface area contributed by atoms with Crippen molar-refractivity contribution < 1.29 is 4.79 Å². The van der Waals surface area contributed by atoms with Crippen LogP contribution in [0.15, 0.2) is 12.5 Å². The highest BCUT2D eigenvalue weighted by atomic mass is 16.1. The second kappa shape index (κ2) is 2.37. The molecule has 0 N–H and O–H groups in total. The van der Waals surface area contributed by atoms with Crippen LogP contribution in [0.25, 0.3) is 5.52 Å². The van der Waals surface area contributed by atoms with Gasteiger partial charge in [-0.25, -0.2) is 14.5 Å². The number of hydrogen-bond donors (Lipinski definition) is 0. The number of carbonyl (C=O) groups is 1. The number of aromatic nitrogens is 4. The first-order valence-electron chi connectivity index (χ1n) is 3.43. The number of imidazole rings is 1. The average molecular weight is 162 g/mol. The van der Waals surface area contributed by atoms with Gasteiger partial charge >= 0.3 is 0 Å². The van der Waals surface area contributed by atoms with E-state index in [1.165, 1.54) is 10.8 Å². The number of carbonyl (C=O) groups excluding carboxylic acids is 1. The maximum atomic E-state index is 10.5. The maximum Gasteiger partial charge on any atom is 0.194 e. The van der Waals surface area contributed by atoms with E-state index < -0.39 is 0 Å². The fraction of sp³-hybridized carbons (Fsp3) is 0.143. The van der Waals surface area contributed by atoms with E-state index in [1.54, 1.807) is 6.20 Å². The van der Waals surface area contributed by atoms with Crippen molar-refractivity contribution in [2.45, 2.75) is 6.92 Å². The summed E-state index contributed by atoms with van der Waals surface area (Å²) in [6, 6.07) is 0. The molecule has 0 aromatic carbocycles. The van der Waals surface area contributed by atoms with Crippen molar-refractivity contribution in [3.8, 4) is 0 Å². The SMILES string of the molecule is Cc1nc(C=O)n2ncncc12. The third kappa shape index (κ3) is 0.795. The van der Waals surface area contributed by atoms with Crippen LogP contribution in [0.2, 0.25) is 0 Å². The van der Waals surface area contributed by atoms with E-state index in [4.69, 9.17) is 0 Å². The zero-order valence-electron chi connectivity index (χ0n) is 6.43. The second-order valence-electron chi connectivity index (χ2n) is 2.38. The Morgan fingerprint density at radius 3 is 3.17 bits per heavy atom. The van der Waals surface area contributed by atoms with Gasteiger partial charge in [-0.15, -0.1) is 0 Å². The Bertz CT molecular complexity index is 434. The van der Waals surface area contributed by atoms with Gasteiger partial charge in [0.15, 0.2) is 12.1 Å². The predicted molar refractivity (Wildman–Crippen MR) is 40.9 cm³/mol. The lowest BCUT2D eigenvalue weighted by molar-refractivity contribution is 0.111. The van der Waals surface area contributed by atoms with Crippen LogP contribution in [-0.2, 0) is 0 Å². The van der Waals surface area contributed by atoms with E-state index in [9.17, 15) is 4.79 Å². The molecule has 0 fully saturated rings. The summed E-state index contributed by atoms with van der Waals surface area (Å²) in [5, 5.41) is 3.88. The number of rotatable bonds is 1. The van der Waals surface area contributed by atoms with Gasteiger partial charge in [-0.1, -0.05) is 0 Å². The van der Waals surface area contributed by atoms with Gasteiger partial charge in [0, 0.05) is 0 Å². The fourth-order valence-electron chi connectivity index (χ4n) is 1.08. The van der Waals surface area contributed by atoms with Crippen LogP contribution in [-0.4, -0.2) is 25.9 Å². The quantitative estimate of drug-likeness (QED) is 0.564. The normalized spacial score (nSPS) is 10.4. The van der Waals surface area contributed by atoms with Gasteiger partial charge in [0.1, 0.15) is 11.8 Å². The molecule has 12 heavy (non-hydrogen) atoms. The van der Waals surface area contributed by atoms with Crippen molar-refractivity contribution in [1.82, 2.24) is 19.6 Å². The third-order valence-electron chi connectivity index (χ3n) is 1.63. The fourth-order valence-corrected chi connectivity index (χ4v) is 1.08. The molecule has 0 bridgehead atoms. The lowest BCUT2D eigenvalue weighted by atomic mass is 10.4. The summed E-state index contributed by atoms with van der Waals surface area (Å²) in [6.45, 7) is 1.81. The van der Waals surface area contributed by atoms with Crippen molar-refractivity contribution in [2.24, 2.45) is 0 Å². The van der Waals surface area contributed by atoms with E-state index in [2.05, 4.69) is 15.1 Å². The molecule has 0 radical (unpaired) electrons. The predicted octanol–water partition coefficient (Wildman–Crippen LogP) is 0.245. The molecule has 60 valence electrons. The first-order chi connectivity index (χ1) is 5.83. The molecule has 2 aromatic rings. The minimum atomic E-state index is 0.310. The number of hydrogen-bond acceptors (Lipinski definition) is 4. The topological polar surface area (TPSA) is 60.2 Å². The van der Waals surface area contributed by atoms with Gasteiger partial charge < -0.3 is 0 Å². The van der Waals surface area contributed by atoms with Crippen LogP contribution in [0.3, 0.4) is 0 Å². The first-order valence-corrected chi connectivity index (χ1v) is 3.43. The summed E-state index contributed by atoms with van der Waals surface area (Å²) in [4.78, 5) is 18.3. The van der Waals surface area contributed by atoms with Gasteiger partial charge in [0.05, 0.1) is 11.9 Å². The Hall–Kier alpha value is -1.78. The first kappa shape index (κ1) is 6.90. The molecule has 0 saturated heterocycles. The molecule has 0 aliphatic heterocycles. The molecule has 0 aliphatic carbocycles. The third-order valence-corrected chi connectivity index (χ3v) is 1.63. The van der Waals surface area contributed by atoms with Crippen LogP contribution in [0.5, 0.6) is 0 Å². The highest BCUT2D eigenvalue weighted by Crippen LogP contribution is 2.06. The molecule has 0 amide bonds. The Labute approximate surface area is 68.1 Å². The summed E-state index contributed by atoms with van der Waals surface area (Å²) < 4.78 is 1.47. The smallest absolute Gasteiger partial charge is 0.194 e. The average Bonchev–Trinajstić information content (AvgIpc) is 2.44. The van der Waals surface area contributed by atoms with Gasteiger partial charge in [0.2, 0.25) is 0 Å². The molecule has 0 saturated carbocycles. The van der Waals surface area contributed by atoms with Gasteiger partial charge in [-0.05, 0) is 6.92 Å². The molecule has 2 rings (SSSR count). The highest BCUT2D eigenvalue weighted by Gasteiger charge is 2.06. The summed E-state index contributed by atoms with van der Waals surface area (Å²) >= 11 is 0. The molecular weight excluding hydrogens is 156 g/mol. The van der Waals surface area contributed by atoms with E-state index in [0.717, 1.165) is 11.2 Å². The minimum Gasteiger partial charge on any atom is -0.294 e. The van der Waals surface area contributed by atoms with E-state index in [1.807, 2.05) is 6.92 Å². The number of fused-ring (bicyclic) bond motifs is 1. The number of aldehydes is 1. The van der Waals surface area contributed by atoms with Crippen LogP contribution in [0, 0.1) is 6.92 Å². The van der Waals surface area contributed by atoms with Gasteiger partial charge in [0.25, 0.3) is 0 Å². The van der Waals surface area contributed by atoms with Crippen molar-refractivity contribution >= 4 is 11.8 Å².